The monoisotopic (exact) mass is 254 g/mol. The van der Waals surface area contributed by atoms with Gasteiger partial charge in [-0.15, -0.1) is 11.3 Å². The highest BCUT2D eigenvalue weighted by Gasteiger charge is 2.14. The van der Waals surface area contributed by atoms with Gasteiger partial charge in [-0.25, -0.2) is 13.4 Å². The van der Waals surface area contributed by atoms with Gasteiger partial charge in [0.05, 0.1) is 10.6 Å². The van der Waals surface area contributed by atoms with Crippen molar-refractivity contribution in [1.29, 1.82) is 0 Å². The Hall–Kier alpha value is -1.40. The van der Waals surface area contributed by atoms with Gasteiger partial charge in [-0.05, 0) is 19.1 Å². The van der Waals surface area contributed by atoms with Gasteiger partial charge in [-0.1, -0.05) is 18.2 Å². The predicted molar refractivity (Wildman–Crippen MR) is 64.1 cm³/mol. The maximum absolute atomic E-state index is 11.9. The number of anilines is 1. The third-order valence-electron chi connectivity index (χ3n) is 1.89. The van der Waals surface area contributed by atoms with Crippen molar-refractivity contribution in [2.45, 2.75) is 11.8 Å². The van der Waals surface area contributed by atoms with Crippen LogP contribution in [-0.2, 0) is 10.0 Å². The van der Waals surface area contributed by atoms with Gasteiger partial charge in [0.2, 0.25) is 0 Å². The third kappa shape index (κ3) is 2.40. The zero-order valence-corrected chi connectivity index (χ0v) is 10.2. The molecule has 0 aliphatic rings. The highest BCUT2D eigenvalue weighted by atomic mass is 32.2. The molecule has 1 aromatic heterocycles. The van der Waals surface area contributed by atoms with E-state index in [1.807, 2.05) is 6.92 Å². The minimum absolute atomic E-state index is 0.239. The Balaban J connectivity index is 2.28. The second-order valence-corrected chi connectivity index (χ2v) is 5.75. The van der Waals surface area contributed by atoms with Gasteiger partial charge in [0.15, 0.2) is 5.13 Å². The zero-order valence-electron chi connectivity index (χ0n) is 8.54. The van der Waals surface area contributed by atoms with Gasteiger partial charge in [-0.3, -0.25) is 4.72 Å². The van der Waals surface area contributed by atoms with Crippen LogP contribution in [0.25, 0.3) is 0 Å². The number of nitrogens with one attached hydrogen (secondary N) is 1. The first-order valence-corrected chi connectivity index (χ1v) is 6.94. The molecule has 0 amide bonds. The van der Waals surface area contributed by atoms with Crippen LogP contribution in [0.15, 0.2) is 40.6 Å². The lowest BCUT2D eigenvalue weighted by Gasteiger charge is -2.03. The maximum Gasteiger partial charge on any atom is 0.263 e. The highest BCUT2D eigenvalue weighted by molar-refractivity contribution is 7.93. The third-order valence-corrected chi connectivity index (χ3v) is 4.25. The standard InChI is InChI=1S/C10H10N2O2S2/c1-8-7-15-10(11-8)12-16(13,14)9-5-3-2-4-6-9/h2-7H,1H3,(H,11,12). The molecule has 16 heavy (non-hydrogen) atoms. The number of benzene rings is 1. The molecular weight excluding hydrogens is 244 g/mol. The van der Waals surface area contributed by atoms with Crippen LogP contribution < -0.4 is 4.72 Å². The number of sulfonamides is 1. The van der Waals surface area contributed by atoms with Crippen molar-refractivity contribution in [1.82, 2.24) is 4.98 Å². The summed E-state index contributed by atoms with van der Waals surface area (Å²) in [6.07, 6.45) is 0. The van der Waals surface area contributed by atoms with Gasteiger partial charge in [0.1, 0.15) is 0 Å². The molecule has 0 radical (unpaired) electrons. The Morgan fingerprint density at radius 2 is 1.94 bits per heavy atom. The van der Waals surface area contributed by atoms with E-state index in [2.05, 4.69) is 9.71 Å². The first-order valence-electron chi connectivity index (χ1n) is 4.58. The van der Waals surface area contributed by atoms with Crippen LogP contribution in [0.2, 0.25) is 0 Å². The van der Waals surface area contributed by atoms with E-state index in [1.165, 1.54) is 11.3 Å². The largest absolute Gasteiger partial charge is 0.263 e. The Kier molecular flexibility index (Phi) is 2.93. The molecule has 0 atom stereocenters. The summed E-state index contributed by atoms with van der Waals surface area (Å²) in [6.45, 7) is 1.82. The fourth-order valence-corrected chi connectivity index (χ4v) is 3.14. The molecule has 0 spiro atoms. The van der Waals surface area contributed by atoms with Crippen LogP contribution in [0.1, 0.15) is 5.69 Å². The number of thiazole rings is 1. The van der Waals surface area contributed by atoms with Crippen molar-refractivity contribution in [2.24, 2.45) is 0 Å². The Labute approximate surface area is 98.0 Å². The van der Waals surface area contributed by atoms with Crippen molar-refractivity contribution >= 4 is 26.5 Å². The van der Waals surface area contributed by atoms with Crippen molar-refractivity contribution in [3.63, 3.8) is 0 Å². The molecule has 0 aliphatic carbocycles. The van der Waals surface area contributed by atoms with Crippen LogP contribution in [0, 0.1) is 6.92 Å². The summed E-state index contributed by atoms with van der Waals surface area (Å²) in [5.41, 5.74) is 0.802. The molecule has 6 heteroatoms. The minimum Gasteiger partial charge on any atom is -0.255 e. The SMILES string of the molecule is Cc1csc(NS(=O)(=O)c2ccccc2)n1. The minimum atomic E-state index is -3.50. The number of aryl methyl sites for hydroxylation is 1. The fourth-order valence-electron chi connectivity index (χ4n) is 1.17. The Morgan fingerprint density at radius 3 is 2.50 bits per heavy atom. The predicted octanol–water partition coefficient (Wildman–Crippen LogP) is 2.25. The van der Waals surface area contributed by atoms with Crippen molar-refractivity contribution in [3.05, 3.63) is 41.4 Å². The molecule has 0 saturated heterocycles. The van der Waals surface area contributed by atoms with Crippen molar-refractivity contribution in [2.75, 3.05) is 4.72 Å². The molecule has 4 nitrogen and oxygen atoms in total. The molecule has 0 unspecified atom stereocenters. The smallest absolute Gasteiger partial charge is 0.255 e. The summed E-state index contributed by atoms with van der Waals surface area (Å²) in [4.78, 5) is 4.29. The summed E-state index contributed by atoms with van der Waals surface area (Å²) >= 11 is 1.27. The molecule has 0 fully saturated rings. The summed E-state index contributed by atoms with van der Waals surface area (Å²) in [5, 5.41) is 2.18. The lowest BCUT2D eigenvalue weighted by molar-refractivity contribution is 0.601. The van der Waals surface area contributed by atoms with E-state index in [1.54, 1.807) is 35.7 Å². The van der Waals surface area contributed by atoms with E-state index >= 15 is 0 Å². The van der Waals surface area contributed by atoms with Gasteiger partial charge < -0.3 is 0 Å². The van der Waals surface area contributed by atoms with Crippen LogP contribution in [0.5, 0.6) is 0 Å². The summed E-state index contributed by atoms with van der Waals surface area (Å²) in [6, 6.07) is 8.22. The molecule has 84 valence electrons. The van der Waals surface area contributed by atoms with Gasteiger partial charge in [-0.2, -0.15) is 0 Å². The van der Waals surface area contributed by atoms with Crippen LogP contribution in [0.3, 0.4) is 0 Å². The van der Waals surface area contributed by atoms with Gasteiger partial charge in [0, 0.05) is 5.38 Å². The van der Waals surface area contributed by atoms with Gasteiger partial charge in [0.25, 0.3) is 10.0 Å². The Morgan fingerprint density at radius 1 is 1.25 bits per heavy atom. The van der Waals surface area contributed by atoms with E-state index in [0.29, 0.717) is 5.13 Å². The lowest BCUT2D eigenvalue weighted by atomic mass is 10.4. The van der Waals surface area contributed by atoms with E-state index in [9.17, 15) is 8.42 Å². The number of nitrogens with zero attached hydrogens (tertiary/aromatic N) is 1. The van der Waals surface area contributed by atoms with Gasteiger partial charge >= 0.3 is 0 Å². The Bertz CT molecular complexity index is 576. The summed E-state index contributed by atoms with van der Waals surface area (Å²) in [7, 11) is -3.50. The second-order valence-electron chi connectivity index (χ2n) is 3.21. The number of aromatic nitrogens is 1. The average Bonchev–Trinajstić information content (AvgIpc) is 2.64. The molecule has 2 rings (SSSR count). The molecule has 0 bridgehead atoms. The zero-order chi connectivity index (χ0) is 11.6. The number of hydrogen-bond acceptors (Lipinski definition) is 4. The molecular formula is C10H10N2O2S2. The summed E-state index contributed by atoms with van der Waals surface area (Å²) < 4.78 is 26.2. The van der Waals surface area contributed by atoms with E-state index in [0.717, 1.165) is 5.69 Å². The van der Waals surface area contributed by atoms with Crippen molar-refractivity contribution < 1.29 is 8.42 Å². The maximum atomic E-state index is 11.9. The van der Waals surface area contributed by atoms with E-state index in [4.69, 9.17) is 0 Å². The van der Waals surface area contributed by atoms with E-state index in [-0.39, 0.29) is 4.90 Å². The molecule has 1 aromatic carbocycles. The lowest BCUT2D eigenvalue weighted by Crippen LogP contribution is -2.12. The topological polar surface area (TPSA) is 59.1 Å². The second kappa shape index (κ2) is 4.23. The molecule has 1 heterocycles. The fraction of sp³-hybridized carbons (Fsp3) is 0.100. The van der Waals surface area contributed by atoms with Crippen LogP contribution in [-0.4, -0.2) is 13.4 Å². The number of hydrogen-bond donors (Lipinski definition) is 1. The quantitative estimate of drug-likeness (QED) is 0.914. The molecule has 2 aromatic rings. The number of rotatable bonds is 3. The first kappa shape index (κ1) is 11.1. The molecule has 0 aliphatic heterocycles. The van der Waals surface area contributed by atoms with Crippen LogP contribution >= 0.6 is 11.3 Å². The molecule has 0 saturated carbocycles. The molecule has 1 N–H and O–H groups in total. The normalized spacial score (nSPS) is 11.3. The highest BCUT2D eigenvalue weighted by Crippen LogP contribution is 2.19. The van der Waals surface area contributed by atoms with Crippen molar-refractivity contribution in [3.8, 4) is 0 Å². The van der Waals surface area contributed by atoms with Crippen LogP contribution in [0.4, 0.5) is 5.13 Å². The first-order chi connectivity index (χ1) is 7.58. The summed E-state index contributed by atoms with van der Waals surface area (Å²) in [5.74, 6) is 0. The average molecular weight is 254 g/mol. The van der Waals surface area contributed by atoms with E-state index < -0.39 is 10.0 Å².